The van der Waals surface area contributed by atoms with Gasteiger partial charge in [-0.1, -0.05) is 19.9 Å². The Bertz CT molecular complexity index is 591. The lowest BCUT2D eigenvalue weighted by Crippen LogP contribution is -2.42. The third kappa shape index (κ3) is 3.00. The minimum absolute atomic E-state index is 0.163. The number of sulfonamides is 1. The maximum absolute atomic E-state index is 13.9. The molecule has 1 aliphatic rings. The number of nitrogens with zero attached hydrogens (tertiary/aromatic N) is 1. The highest BCUT2D eigenvalue weighted by molar-refractivity contribution is 7.89. The van der Waals surface area contributed by atoms with Crippen LogP contribution in [0.15, 0.2) is 23.1 Å². The molecule has 1 saturated heterocycles. The molecule has 1 fully saturated rings. The zero-order valence-corrected chi connectivity index (χ0v) is 13.2. The van der Waals surface area contributed by atoms with E-state index in [1.807, 2.05) is 6.92 Å². The molecule has 6 heteroatoms. The van der Waals surface area contributed by atoms with Gasteiger partial charge in [-0.05, 0) is 36.0 Å². The highest BCUT2D eigenvalue weighted by Crippen LogP contribution is 2.28. The summed E-state index contributed by atoms with van der Waals surface area (Å²) in [6.45, 7) is 5.02. The zero-order valence-electron chi connectivity index (χ0n) is 11.6. The molecule has 1 aliphatic heterocycles. The standard InChI is InChI=1S/C14H19ClFNO2S/c1-10-5-6-17(9-11(10)2)20(18,19)14-7-12(8-15)3-4-13(14)16/h3-4,7,10-11H,5-6,8-9H2,1-2H3. The van der Waals surface area contributed by atoms with Gasteiger partial charge in [-0.25, -0.2) is 12.8 Å². The van der Waals surface area contributed by atoms with E-state index in [0.717, 1.165) is 6.42 Å². The molecule has 20 heavy (non-hydrogen) atoms. The first-order chi connectivity index (χ1) is 9.36. The molecule has 1 aromatic carbocycles. The van der Waals surface area contributed by atoms with Crippen molar-refractivity contribution in [2.24, 2.45) is 11.8 Å². The van der Waals surface area contributed by atoms with E-state index in [9.17, 15) is 12.8 Å². The topological polar surface area (TPSA) is 37.4 Å². The molecule has 0 spiro atoms. The van der Waals surface area contributed by atoms with Gasteiger partial charge in [-0.15, -0.1) is 11.6 Å². The van der Waals surface area contributed by atoms with Crippen LogP contribution in [0.3, 0.4) is 0 Å². The Labute approximate surface area is 124 Å². The number of hydrogen-bond donors (Lipinski definition) is 0. The average molecular weight is 320 g/mol. The van der Waals surface area contributed by atoms with Crippen molar-refractivity contribution in [3.8, 4) is 0 Å². The highest BCUT2D eigenvalue weighted by atomic mass is 35.5. The van der Waals surface area contributed by atoms with Crippen molar-refractivity contribution in [1.29, 1.82) is 0 Å². The van der Waals surface area contributed by atoms with Crippen LogP contribution in [0.25, 0.3) is 0 Å². The molecular weight excluding hydrogens is 301 g/mol. The first-order valence-electron chi connectivity index (χ1n) is 6.70. The van der Waals surface area contributed by atoms with E-state index in [0.29, 0.717) is 24.6 Å². The molecule has 0 bridgehead atoms. The van der Waals surface area contributed by atoms with Gasteiger partial charge in [-0.2, -0.15) is 4.31 Å². The van der Waals surface area contributed by atoms with Gasteiger partial charge in [0.15, 0.2) is 0 Å². The molecule has 0 aromatic heterocycles. The van der Waals surface area contributed by atoms with E-state index in [1.54, 1.807) is 0 Å². The summed E-state index contributed by atoms with van der Waals surface area (Å²) in [4.78, 5) is -0.266. The average Bonchev–Trinajstić information content (AvgIpc) is 2.42. The summed E-state index contributed by atoms with van der Waals surface area (Å²) in [6, 6.07) is 4.00. The lowest BCUT2D eigenvalue weighted by Gasteiger charge is -2.34. The third-order valence-corrected chi connectivity index (χ3v) is 6.25. The predicted molar refractivity (Wildman–Crippen MR) is 77.7 cm³/mol. The quantitative estimate of drug-likeness (QED) is 0.802. The van der Waals surface area contributed by atoms with Crippen LogP contribution in [0.5, 0.6) is 0 Å². The maximum atomic E-state index is 13.9. The van der Waals surface area contributed by atoms with Crippen LogP contribution in [0.2, 0.25) is 0 Å². The van der Waals surface area contributed by atoms with Gasteiger partial charge >= 0.3 is 0 Å². The fraction of sp³-hybridized carbons (Fsp3) is 0.571. The summed E-state index contributed by atoms with van der Waals surface area (Å²) < 4.78 is 40.4. The van der Waals surface area contributed by atoms with Crippen LogP contribution in [-0.4, -0.2) is 25.8 Å². The number of benzene rings is 1. The van der Waals surface area contributed by atoms with Gasteiger partial charge in [0, 0.05) is 19.0 Å². The minimum atomic E-state index is -3.78. The van der Waals surface area contributed by atoms with E-state index in [1.165, 1.54) is 22.5 Å². The fourth-order valence-electron chi connectivity index (χ4n) is 2.41. The summed E-state index contributed by atoms with van der Waals surface area (Å²) >= 11 is 5.70. The van der Waals surface area contributed by atoms with E-state index in [-0.39, 0.29) is 16.7 Å². The van der Waals surface area contributed by atoms with E-state index >= 15 is 0 Å². The number of piperidine rings is 1. The molecule has 1 aromatic rings. The minimum Gasteiger partial charge on any atom is -0.207 e. The molecule has 0 amide bonds. The van der Waals surface area contributed by atoms with Crippen molar-refractivity contribution in [1.82, 2.24) is 4.31 Å². The van der Waals surface area contributed by atoms with Crippen LogP contribution in [0.4, 0.5) is 4.39 Å². The SMILES string of the molecule is CC1CCN(S(=O)(=O)c2cc(CCl)ccc2F)CC1C. The molecule has 112 valence electrons. The summed E-state index contributed by atoms with van der Waals surface area (Å²) in [7, 11) is -3.78. The van der Waals surface area contributed by atoms with Crippen molar-refractivity contribution < 1.29 is 12.8 Å². The van der Waals surface area contributed by atoms with Gasteiger partial charge < -0.3 is 0 Å². The molecule has 1 heterocycles. The van der Waals surface area contributed by atoms with Gasteiger partial charge in [0.1, 0.15) is 10.7 Å². The summed E-state index contributed by atoms with van der Waals surface area (Å²) in [5.41, 5.74) is 0.602. The lowest BCUT2D eigenvalue weighted by atomic mass is 9.90. The van der Waals surface area contributed by atoms with Gasteiger partial charge in [0.05, 0.1) is 0 Å². The molecule has 2 atom stereocenters. The fourth-order valence-corrected chi connectivity index (χ4v) is 4.25. The molecular formula is C14H19ClFNO2S. The van der Waals surface area contributed by atoms with Crippen LogP contribution < -0.4 is 0 Å². The van der Waals surface area contributed by atoms with E-state index in [4.69, 9.17) is 11.6 Å². The zero-order chi connectivity index (χ0) is 14.9. The molecule has 0 saturated carbocycles. The normalized spacial score (nSPS) is 24.8. The predicted octanol–water partition coefficient (Wildman–Crippen LogP) is 3.23. The summed E-state index contributed by atoms with van der Waals surface area (Å²) in [6.07, 6.45) is 0.803. The van der Waals surface area contributed by atoms with Gasteiger partial charge in [0.25, 0.3) is 0 Å². The van der Waals surface area contributed by atoms with Crippen molar-refractivity contribution in [2.45, 2.75) is 31.0 Å². The van der Waals surface area contributed by atoms with Crippen molar-refractivity contribution in [3.05, 3.63) is 29.6 Å². The van der Waals surface area contributed by atoms with Crippen LogP contribution in [0.1, 0.15) is 25.8 Å². The second kappa shape index (κ2) is 6.00. The smallest absolute Gasteiger partial charge is 0.207 e. The van der Waals surface area contributed by atoms with Crippen molar-refractivity contribution in [3.63, 3.8) is 0 Å². The maximum Gasteiger partial charge on any atom is 0.246 e. The Hall–Kier alpha value is -0.650. The molecule has 2 unspecified atom stereocenters. The highest BCUT2D eigenvalue weighted by Gasteiger charge is 2.33. The Balaban J connectivity index is 2.35. The molecule has 0 radical (unpaired) electrons. The van der Waals surface area contributed by atoms with Crippen molar-refractivity contribution >= 4 is 21.6 Å². The second-order valence-corrected chi connectivity index (χ2v) is 7.68. The monoisotopic (exact) mass is 319 g/mol. The number of rotatable bonds is 3. The lowest BCUT2D eigenvalue weighted by molar-refractivity contribution is 0.212. The van der Waals surface area contributed by atoms with Crippen LogP contribution in [-0.2, 0) is 15.9 Å². The van der Waals surface area contributed by atoms with Crippen LogP contribution >= 0.6 is 11.6 Å². The van der Waals surface area contributed by atoms with Crippen LogP contribution in [0, 0.1) is 17.7 Å². The summed E-state index contributed by atoms with van der Waals surface area (Å²) in [5, 5.41) is 0. The van der Waals surface area contributed by atoms with E-state index < -0.39 is 15.8 Å². The molecule has 0 aliphatic carbocycles. The first-order valence-corrected chi connectivity index (χ1v) is 8.68. The third-order valence-electron chi connectivity index (χ3n) is 4.06. The largest absolute Gasteiger partial charge is 0.246 e. The van der Waals surface area contributed by atoms with E-state index in [2.05, 4.69) is 6.92 Å². The Morgan fingerprint density at radius 2 is 2.05 bits per heavy atom. The molecule has 3 nitrogen and oxygen atoms in total. The van der Waals surface area contributed by atoms with Gasteiger partial charge in [-0.3, -0.25) is 0 Å². The van der Waals surface area contributed by atoms with Gasteiger partial charge in [0.2, 0.25) is 10.0 Å². The first kappa shape index (κ1) is 15.7. The summed E-state index contributed by atoms with van der Waals surface area (Å²) in [5.74, 6) is 0.208. The Kier molecular flexibility index (Phi) is 4.72. The number of hydrogen-bond acceptors (Lipinski definition) is 2. The Morgan fingerprint density at radius 3 is 2.65 bits per heavy atom. The molecule has 2 rings (SSSR count). The Morgan fingerprint density at radius 1 is 1.35 bits per heavy atom. The molecule has 0 N–H and O–H groups in total. The number of alkyl halides is 1. The number of halogens is 2. The second-order valence-electron chi connectivity index (χ2n) is 5.50. The van der Waals surface area contributed by atoms with Crippen molar-refractivity contribution in [2.75, 3.05) is 13.1 Å².